The topological polar surface area (TPSA) is 71.2 Å². The fraction of sp³-hybridized carbons (Fsp3) is 0.714. The van der Waals surface area contributed by atoms with Crippen LogP contribution in [0.3, 0.4) is 0 Å². The maximum atomic E-state index is 12.2. The lowest BCUT2D eigenvalue weighted by molar-refractivity contribution is 0.0952. The lowest BCUT2D eigenvalue weighted by Crippen LogP contribution is -2.28. The number of rotatable bonds is 4. The zero-order chi connectivity index (χ0) is 13.9. The van der Waals surface area contributed by atoms with Gasteiger partial charge in [-0.3, -0.25) is 4.79 Å². The van der Waals surface area contributed by atoms with E-state index in [0.717, 1.165) is 24.8 Å². The van der Waals surface area contributed by atoms with Crippen LogP contribution in [0.25, 0.3) is 0 Å². The van der Waals surface area contributed by atoms with Gasteiger partial charge in [-0.05, 0) is 31.6 Å². The Morgan fingerprint density at radius 2 is 2.00 bits per heavy atom. The minimum Gasteiger partial charge on any atom is -0.382 e. The first kappa shape index (κ1) is 13.7. The average Bonchev–Trinajstić information content (AvgIpc) is 3.17. The van der Waals surface area contributed by atoms with Crippen molar-refractivity contribution in [3.05, 3.63) is 4.88 Å². The van der Waals surface area contributed by atoms with E-state index in [4.69, 9.17) is 5.73 Å². The Balaban J connectivity index is 1.61. The quantitative estimate of drug-likeness (QED) is 0.893. The zero-order valence-corrected chi connectivity index (χ0v) is 12.5. The van der Waals surface area contributed by atoms with Crippen LogP contribution in [0.4, 0.5) is 10.9 Å². The first-order valence-electron chi connectivity index (χ1n) is 7.53. The van der Waals surface area contributed by atoms with Crippen LogP contribution in [0.5, 0.6) is 0 Å². The largest absolute Gasteiger partial charge is 0.382 e. The van der Waals surface area contributed by atoms with Crippen LogP contribution < -0.4 is 16.0 Å². The summed E-state index contributed by atoms with van der Waals surface area (Å²) in [7, 11) is 0. The highest BCUT2D eigenvalue weighted by atomic mass is 32.1. The summed E-state index contributed by atoms with van der Waals surface area (Å²) in [5, 5.41) is 3.91. The number of aromatic nitrogens is 1. The van der Waals surface area contributed by atoms with E-state index in [-0.39, 0.29) is 5.91 Å². The Bertz CT molecular complexity index is 476. The molecule has 5 nitrogen and oxygen atoms in total. The van der Waals surface area contributed by atoms with Crippen molar-refractivity contribution in [2.24, 2.45) is 5.92 Å². The van der Waals surface area contributed by atoms with Crippen LogP contribution in [0.2, 0.25) is 0 Å². The minimum absolute atomic E-state index is 0.0580. The van der Waals surface area contributed by atoms with E-state index in [1.807, 2.05) is 0 Å². The molecule has 2 fully saturated rings. The predicted molar refractivity (Wildman–Crippen MR) is 82.3 cm³/mol. The maximum Gasteiger partial charge on any atom is 0.265 e. The van der Waals surface area contributed by atoms with Crippen LogP contribution in [0, 0.1) is 5.92 Å². The summed E-state index contributed by atoms with van der Waals surface area (Å²) in [6, 6.07) is 0. The fourth-order valence-electron chi connectivity index (χ4n) is 3.06. The van der Waals surface area contributed by atoms with Crippen molar-refractivity contribution in [2.45, 2.75) is 38.5 Å². The van der Waals surface area contributed by atoms with Crippen LogP contribution in [0.1, 0.15) is 48.2 Å². The van der Waals surface area contributed by atoms with E-state index in [2.05, 4.69) is 15.2 Å². The Morgan fingerprint density at radius 1 is 1.30 bits per heavy atom. The number of nitrogens with zero attached hydrogens (tertiary/aromatic N) is 2. The number of anilines is 2. The summed E-state index contributed by atoms with van der Waals surface area (Å²) in [5.41, 5.74) is 5.91. The highest BCUT2D eigenvalue weighted by Gasteiger charge is 2.22. The van der Waals surface area contributed by atoms with E-state index in [9.17, 15) is 4.79 Å². The molecule has 6 heteroatoms. The van der Waals surface area contributed by atoms with Gasteiger partial charge >= 0.3 is 0 Å². The van der Waals surface area contributed by atoms with Gasteiger partial charge in [0.15, 0.2) is 5.13 Å². The second-order valence-electron chi connectivity index (χ2n) is 5.77. The summed E-state index contributed by atoms with van der Waals surface area (Å²) in [4.78, 5) is 19.4. The maximum absolute atomic E-state index is 12.2. The van der Waals surface area contributed by atoms with E-state index in [1.165, 1.54) is 49.9 Å². The van der Waals surface area contributed by atoms with Crippen LogP contribution >= 0.6 is 11.3 Å². The Morgan fingerprint density at radius 3 is 2.70 bits per heavy atom. The van der Waals surface area contributed by atoms with Crippen LogP contribution in [0.15, 0.2) is 0 Å². The van der Waals surface area contributed by atoms with Crippen molar-refractivity contribution in [1.29, 1.82) is 0 Å². The number of amides is 1. The van der Waals surface area contributed by atoms with Gasteiger partial charge in [-0.1, -0.05) is 24.2 Å². The number of carbonyl (C=O) groups is 1. The van der Waals surface area contributed by atoms with Crippen molar-refractivity contribution in [3.63, 3.8) is 0 Å². The summed E-state index contributed by atoms with van der Waals surface area (Å²) >= 11 is 1.43. The lowest BCUT2D eigenvalue weighted by atomic mass is 10.1. The fourth-order valence-corrected chi connectivity index (χ4v) is 4.01. The number of carbonyl (C=O) groups excluding carboxylic acids is 1. The Kier molecular flexibility index (Phi) is 4.10. The Hall–Kier alpha value is -1.30. The summed E-state index contributed by atoms with van der Waals surface area (Å²) in [6.07, 6.45) is 7.45. The molecule has 1 aromatic heterocycles. The van der Waals surface area contributed by atoms with Crippen molar-refractivity contribution >= 4 is 28.2 Å². The van der Waals surface area contributed by atoms with Crippen molar-refractivity contribution in [1.82, 2.24) is 10.3 Å². The molecular weight excluding hydrogens is 272 g/mol. The molecule has 2 heterocycles. The van der Waals surface area contributed by atoms with Gasteiger partial charge in [0.25, 0.3) is 5.91 Å². The van der Waals surface area contributed by atoms with E-state index in [0.29, 0.717) is 16.6 Å². The molecular formula is C14H22N4OS. The van der Waals surface area contributed by atoms with E-state index in [1.54, 1.807) is 0 Å². The third-order valence-electron chi connectivity index (χ3n) is 4.25. The lowest BCUT2D eigenvalue weighted by Gasteiger charge is -2.12. The predicted octanol–water partition coefficient (Wildman–Crippen LogP) is 2.25. The molecule has 3 rings (SSSR count). The second kappa shape index (κ2) is 5.99. The molecule has 1 aliphatic heterocycles. The smallest absolute Gasteiger partial charge is 0.265 e. The zero-order valence-electron chi connectivity index (χ0n) is 11.7. The molecule has 1 aliphatic carbocycles. The number of nitrogen functional groups attached to an aromatic ring is 1. The number of hydrogen-bond acceptors (Lipinski definition) is 5. The highest BCUT2D eigenvalue weighted by molar-refractivity contribution is 7.18. The molecule has 1 saturated carbocycles. The first-order chi connectivity index (χ1) is 9.74. The average molecular weight is 294 g/mol. The number of thiazole rings is 1. The normalized spacial score (nSPS) is 19.7. The number of hydrogen-bond donors (Lipinski definition) is 2. The van der Waals surface area contributed by atoms with Crippen molar-refractivity contribution in [3.8, 4) is 0 Å². The third-order valence-corrected chi connectivity index (χ3v) is 5.38. The number of nitrogens with two attached hydrogens (primary N) is 1. The van der Waals surface area contributed by atoms with E-state index < -0.39 is 0 Å². The molecule has 0 spiro atoms. The van der Waals surface area contributed by atoms with Gasteiger partial charge in [-0.25, -0.2) is 4.98 Å². The van der Waals surface area contributed by atoms with Gasteiger partial charge in [0.05, 0.1) is 0 Å². The molecule has 0 unspecified atom stereocenters. The van der Waals surface area contributed by atoms with Crippen molar-refractivity contribution in [2.75, 3.05) is 30.3 Å². The highest BCUT2D eigenvalue weighted by Crippen LogP contribution is 2.30. The molecule has 0 radical (unpaired) electrons. The molecule has 2 aliphatic rings. The molecule has 3 N–H and O–H groups in total. The van der Waals surface area contributed by atoms with Gasteiger partial charge in [-0.15, -0.1) is 0 Å². The minimum atomic E-state index is -0.0580. The van der Waals surface area contributed by atoms with Crippen LogP contribution in [-0.2, 0) is 0 Å². The molecule has 0 aromatic carbocycles. The van der Waals surface area contributed by atoms with Crippen molar-refractivity contribution < 1.29 is 4.79 Å². The second-order valence-corrected chi connectivity index (χ2v) is 6.74. The summed E-state index contributed by atoms with van der Waals surface area (Å²) in [5.74, 6) is 0.962. The molecule has 1 amide bonds. The SMILES string of the molecule is Nc1nc(N2CCCC2)sc1C(=O)NCC1CCCC1. The van der Waals surface area contributed by atoms with Gasteiger partial charge < -0.3 is 16.0 Å². The van der Waals surface area contributed by atoms with Gasteiger partial charge in [0.2, 0.25) is 0 Å². The third kappa shape index (κ3) is 2.90. The molecule has 20 heavy (non-hydrogen) atoms. The molecule has 1 saturated heterocycles. The molecule has 1 aromatic rings. The van der Waals surface area contributed by atoms with E-state index >= 15 is 0 Å². The van der Waals surface area contributed by atoms with Gasteiger partial charge in [-0.2, -0.15) is 0 Å². The summed E-state index contributed by atoms with van der Waals surface area (Å²) < 4.78 is 0. The first-order valence-corrected chi connectivity index (χ1v) is 8.35. The summed E-state index contributed by atoms with van der Waals surface area (Å²) in [6.45, 7) is 2.82. The molecule has 0 bridgehead atoms. The monoisotopic (exact) mass is 294 g/mol. The van der Waals surface area contributed by atoms with Gasteiger partial charge in [0.1, 0.15) is 10.7 Å². The molecule has 110 valence electrons. The standard InChI is InChI=1S/C14H22N4OS/c15-12-11(13(19)16-9-10-5-1-2-6-10)20-14(17-12)18-7-3-4-8-18/h10H,1-9,15H2,(H,16,19). The molecule has 0 atom stereocenters. The Labute approximate surface area is 123 Å². The van der Waals surface area contributed by atoms with Gasteiger partial charge in [0, 0.05) is 19.6 Å². The number of nitrogens with one attached hydrogen (secondary N) is 1. The van der Waals surface area contributed by atoms with Crippen LogP contribution in [-0.4, -0.2) is 30.5 Å².